The van der Waals surface area contributed by atoms with Gasteiger partial charge in [-0.05, 0) is 40.8 Å². The molecule has 0 unspecified atom stereocenters. The quantitative estimate of drug-likeness (QED) is 0.496. The van der Waals surface area contributed by atoms with Crippen LogP contribution in [0, 0.1) is 0 Å². The first-order valence-corrected chi connectivity index (χ1v) is 7.91. The topological polar surface area (TPSA) is 92.3 Å². The van der Waals surface area contributed by atoms with Crippen LogP contribution in [0.15, 0.2) is 46.2 Å². The summed E-state index contributed by atoms with van der Waals surface area (Å²) in [6.45, 7) is 0. The summed E-state index contributed by atoms with van der Waals surface area (Å²) < 4.78 is 16.6. The number of hydrogen-bond acceptors (Lipinski definition) is 8. The summed E-state index contributed by atoms with van der Waals surface area (Å²) in [7, 11) is 2.92. The normalized spacial score (nSPS) is 10.6. The number of hydrogen-bond donors (Lipinski definition) is 0. The summed E-state index contributed by atoms with van der Waals surface area (Å²) in [5.74, 6) is 0.901. The van der Waals surface area contributed by atoms with Crippen LogP contribution in [0.25, 0.3) is 5.69 Å². The van der Waals surface area contributed by atoms with Crippen molar-refractivity contribution < 1.29 is 18.7 Å². The van der Waals surface area contributed by atoms with Crippen LogP contribution in [0.2, 0.25) is 0 Å². The number of esters is 1. The van der Waals surface area contributed by atoms with Crippen LogP contribution in [0.1, 0.15) is 16.1 Å². The van der Waals surface area contributed by atoms with E-state index in [4.69, 9.17) is 9.15 Å². The van der Waals surface area contributed by atoms with Crippen LogP contribution >= 0.6 is 11.8 Å². The zero-order valence-electron chi connectivity index (χ0n) is 13.0. The van der Waals surface area contributed by atoms with Gasteiger partial charge in [0, 0.05) is 11.3 Å². The lowest BCUT2D eigenvalue weighted by atomic mass is 10.3. The van der Waals surface area contributed by atoms with Gasteiger partial charge in [0.2, 0.25) is 10.9 Å². The number of rotatable bonds is 6. The highest BCUT2D eigenvalue weighted by atomic mass is 32.2. The third kappa shape index (κ3) is 3.25. The van der Waals surface area contributed by atoms with E-state index < -0.39 is 5.97 Å². The second-order valence-electron chi connectivity index (χ2n) is 4.63. The van der Waals surface area contributed by atoms with Crippen molar-refractivity contribution in [1.29, 1.82) is 0 Å². The molecule has 0 bridgehead atoms. The van der Waals surface area contributed by atoms with Crippen LogP contribution in [0.5, 0.6) is 5.75 Å². The van der Waals surface area contributed by atoms with E-state index >= 15 is 0 Å². The molecule has 1 aromatic carbocycles. The summed E-state index contributed by atoms with van der Waals surface area (Å²) in [5, 5.41) is 12.3. The molecule has 3 aromatic rings. The molecule has 0 spiro atoms. The summed E-state index contributed by atoms with van der Waals surface area (Å²) in [6.07, 6.45) is 1.45. The van der Waals surface area contributed by atoms with Crippen LogP contribution in [0.3, 0.4) is 0 Å². The Morgan fingerprint density at radius 1 is 1.25 bits per heavy atom. The molecule has 0 fully saturated rings. The maximum absolute atomic E-state index is 11.6. The molecule has 0 radical (unpaired) electrons. The third-order valence-electron chi connectivity index (χ3n) is 3.23. The monoisotopic (exact) mass is 346 g/mol. The maximum atomic E-state index is 11.6. The van der Waals surface area contributed by atoms with Gasteiger partial charge in [-0.1, -0.05) is 11.8 Å². The fraction of sp³-hybridized carbons (Fsp3) is 0.200. The number of benzene rings is 1. The highest BCUT2D eigenvalue weighted by Crippen LogP contribution is 2.25. The Bertz CT molecular complexity index is 828. The van der Waals surface area contributed by atoms with Crippen molar-refractivity contribution in [2.75, 3.05) is 14.2 Å². The molecule has 8 nitrogen and oxygen atoms in total. The predicted molar refractivity (Wildman–Crippen MR) is 85.3 cm³/mol. The van der Waals surface area contributed by atoms with E-state index in [9.17, 15) is 4.79 Å². The number of nitrogens with zero attached hydrogens (tertiary/aromatic N) is 4. The molecule has 0 saturated heterocycles. The first-order valence-electron chi connectivity index (χ1n) is 6.93. The zero-order valence-corrected chi connectivity index (χ0v) is 13.8. The predicted octanol–water partition coefficient (Wildman–Crippen LogP) is 2.34. The number of aromatic nitrogens is 4. The number of furan rings is 1. The number of tetrazole rings is 1. The van der Waals surface area contributed by atoms with Gasteiger partial charge in [0.25, 0.3) is 0 Å². The molecule has 3 rings (SSSR count). The summed E-state index contributed by atoms with van der Waals surface area (Å²) in [6, 6.07) is 9.10. The second-order valence-corrected chi connectivity index (χ2v) is 5.57. The zero-order chi connectivity index (χ0) is 16.9. The Morgan fingerprint density at radius 3 is 2.75 bits per heavy atom. The molecule has 0 amide bonds. The third-order valence-corrected chi connectivity index (χ3v) is 4.20. The van der Waals surface area contributed by atoms with Crippen LogP contribution in [-0.2, 0) is 10.5 Å². The maximum Gasteiger partial charge on any atom is 0.374 e. The largest absolute Gasteiger partial charge is 0.497 e. The molecular formula is C15H14N4O4S. The molecule has 9 heteroatoms. The van der Waals surface area contributed by atoms with Gasteiger partial charge in [0.15, 0.2) is 0 Å². The summed E-state index contributed by atoms with van der Waals surface area (Å²) in [4.78, 5) is 11.6. The number of thioether (sulfide) groups is 1. The minimum Gasteiger partial charge on any atom is -0.497 e. The van der Waals surface area contributed by atoms with Gasteiger partial charge in [-0.25, -0.2) is 4.79 Å². The Kier molecular flexibility index (Phi) is 4.80. The highest BCUT2D eigenvalue weighted by Gasteiger charge is 2.17. The molecule has 0 N–H and O–H groups in total. The van der Waals surface area contributed by atoms with Crippen molar-refractivity contribution in [3.8, 4) is 11.4 Å². The van der Waals surface area contributed by atoms with E-state index in [1.807, 2.05) is 24.3 Å². The molecule has 0 aliphatic rings. The number of ether oxygens (including phenoxy) is 2. The van der Waals surface area contributed by atoms with Gasteiger partial charge < -0.3 is 13.9 Å². The van der Waals surface area contributed by atoms with Crippen molar-refractivity contribution in [3.63, 3.8) is 0 Å². The van der Waals surface area contributed by atoms with Crippen molar-refractivity contribution in [2.45, 2.75) is 10.9 Å². The molecule has 2 aromatic heterocycles. The average Bonchev–Trinajstić information content (AvgIpc) is 3.28. The van der Waals surface area contributed by atoms with E-state index in [-0.39, 0.29) is 5.76 Å². The average molecular weight is 346 g/mol. The Labute approximate surface area is 141 Å². The van der Waals surface area contributed by atoms with Gasteiger partial charge >= 0.3 is 5.97 Å². The molecule has 124 valence electrons. The summed E-state index contributed by atoms with van der Waals surface area (Å²) >= 11 is 1.39. The summed E-state index contributed by atoms with van der Waals surface area (Å²) in [5.41, 5.74) is 1.53. The van der Waals surface area contributed by atoms with Gasteiger partial charge in [0.1, 0.15) is 5.75 Å². The molecule has 0 aliphatic carbocycles. The molecular weight excluding hydrogens is 332 g/mol. The number of carbonyl (C=O) groups is 1. The van der Waals surface area contributed by atoms with Crippen molar-refractivity contribution in [1.82, 2.24) is 20.2 Å². The molecule has 0 atom stereocenters. The van der Waals surface area contributed by atoms with Crippen molar-refractivity contribution >= 4 is 17.7 Å². The smallest absolute Gasteiger partial charge is 0.374 e. The fourth-order valence-electron chi connectivity index (χ4n) is 2.02. The molecule has 0 aliphatic heterocycles. The highest BCUT2D eigenvalue weighted by molar-refractivity contribution is 7.98. The molecule has 2 heterocycles. The number of carbonyl (C=O) groups excluding carboxylic acids is 1. The Balaban J connectivity index is 1.76. The fourth-order valence-corrected chi connectivity index (χ4v) is 2.89. The van der Waals surface area contributed by atoms with Crippen LogP contribution in [-0.4, -0.2) is 40.4 Å². The Hall–Kier alpha value is -2.81. The first kappa shape index (κ1) is 16.1. The van der Waals surface area contributed by atoms with Crippen LogP contribution < -0.4 is 4.74 Å². The minimum atomic E-state index is -0.509. The van der Waals surface area contributed by atoms with Crippen molar-refractivity contribution in [2.24, 2.45) is 0 Å². The first-order chi connectivity index (χ1) is 11.7. The minimum absolute atomic E-state index is 0.188. The molecule has 0 saturated carbocycles. The standard InChI is InChI=1S/C15H14N4O4S/c1-21-12-5-3-11(4-6-12)19-15(16-17-18-19)24-9-10-7-8-23-13(10)14(20)22-2/h3-8H,9H2,1-2H3. The lowest BCUT2D eigenvalue weighted by Gasteiger charge is -2.05. The van der Waals surface area contributed by atoms with E-state index in [0.717, 1.165) is 17.0 Å². The Morgan fingerprint density at radius 2 is 2.04 bits per heavy atom. The van der Waals surface area contributed by atoms with E-state index in [0.29, 0.717) is 10.9 Å². The number of methoxy groups -OCH3 is 2. The van der Waals surface area contributed by atoms with Gasteiger partial charge in [-0.15, -0.1) is 5.10 Å². The lowest BCUT2D eigenvalue weighted by molar-refractivity contribution is 0.0564. The van der Waals surface area contributed by atoms with Gasteiger partial charge in [-0.3, -0.25) is 0 Å². The molecule has 24 heavy (non-hydrogen) atoms. The van der Waals surface area contributed by atoms with E-state index in [1.165, 1.54) is 25.1 Å². The lowest BCUT2D eigenvalue weighted by Crippen LogP contribution is -2.03. The SMILES string of the molecule is COC(=O)c1occc1CSc1nnnn1-c1ccc(OC)cc1. The van der Waals surface area contributed by atoms with E-state index in [1.54, 1.807) is 17.9 Å². The van der Waals surface area contributed by atoms with Gasteiger partial charge in [0.05, 0.1) is 26.2 Å². The van der Waals surface area contributed by atoms with E-state index in [2.05, 4.69) is 20.3 Å². The van der Waals surface area contributed by atoms with Crippen LogP contribution in [0.4, 0.5) is 0 Å². The van der Waals surface area contributed by atoms with Gasteiger partial charge in [-0.2, -0.15) is 4.68 Å². The second kappa shape index (κ2) is 7.18. The van der Waals surface area contributed by atoms with Crippen molar-refractivity contribution in [3.05, 3.63) is 47.9 Å².